The summed E-state index contributed by atoms with van der Waals surface area (Å²) in [5.74, 6) is -0.640. The van der Waals surface area contributed by atoms with Gasteiger partial charge >= 0.3 is 0 Å². The Bertz CT molecular complexity index is 574. The first kappa shape index (κ1) is 17.4. The average molecular weight is 323 g/mol. The molecule has 0 saturated carbocycles. The van der Waals surface area contributed by atoms with Crippen molar-refractivity contribution in [1.82, 2.24) is 9.62 Å². The molecule has 0 saturated heterocycles. The normalized spacial score (nSPS) is 12.9. The number of hydrogen-bond donors (Lipinski definition) is 1. The van der Waals surface area contributed by atoms with E-state index in [1.807, 2.05) is 32.8 Å². The summed E-state index contributed by atoms with van der Waals surface area (Å²) < 4.78 is 39.8. The minimum Gasteiger partial charge on any atom is -0.309 e. The van der Waals surface area contributed by atoms with Crippen molar-refractivity contribution in [2.45, 2.75) is 18.7 Å². The average Bonchev–Trinajstić information content (AvgIpc) is 2.29. The van der Waals surface area contributed by atoms with E-state index in [1.165, 1.54) is 6.07 Å². The number of hydrogen-bond acceptors (Lipinski definition) is 3. The third kappa shape index (κ3) is 5.01. The molecule has 0 unspecified atom stereocenters. The molecule has 4 nitrogen and oxygen atoms in total. The van der Waals surface area contributed by atoms with Crippen LogP contribution in [0, 0.1) is 11.2 Å². The van der Waals surface area contributed by atoms with Crippen LogP contribution in [0.3, 0.4) is 0 Å². The number of nitrogens with one attached hydrogen (secondary N) is 1. The molecule has 20 heavy (non-hydrogen) atoms. The quantitative estimate of drug-likeness (QED) is 0.874. The van der Waals surface area contributed by atoms with Crippen LogP contribution in [0.5, 0.6) is 0 Å². The molecule has 0 aliphatic heterocycles. The summed E-state index contributed by atoms with van der Waals surface area (Å²) in [6.45, 7) is 4.95. The van der Waals surface area contributed by atoms with Gasteiger partial charge in [-0.1, -0.05) is 25.4 Å². The Hall–Kier alpha value is -0.690. The van der Waals surface area contributed by atoms with E-state index in [1.54, 1.807) is 0 Å². The standard InChI is InChI=1S/C13H20ClFN2O2S/c1-13(2,9-17(3)4)8-16-20(18,19)10-5-6-12(15)11(14)7-10/h5-7,16H,8-9H2,1-4H3. The molecule has 0 aromatic heterocycles. The molecule has 0 spiro atoms. The van der Waals surface area contributed by atoms with Gasteiger partial charge in [0.2, 0.25) is 10.0 Å². The van der Waals surface area contributed by atoms with Crippen LogP contribution in [0.25, 0.3) is 0 Å². The molecule has 0 heterocycles. The van der Waals surface area contributed by atoms with Crippen LogP contribution < -0.4 is 4.72 Å². The molecule has 0 aliphatic carbocycles. The van der Waals surface area contributed by atoms with Gasteiger partial charge in [0.25, 0.3) is 0 Å². The number of halogens is 2. The van der Waals surface area contributed by atoms with Crippen molar-refractivity contribution in [3.05, 3.63) is 29.0 Å². The highest BCUT2D eigenvalue weighted by Gasteiger charge is 2.23. The second-order valence-corrected chi connectivity index (χ2v) is 7.98. The van der Waals surface area contributed by atoms with Crippen molar-refractivity contribution in [3.63, 3.8) is 0 Å². The number of sulfonamides is 1. The van der Waals surface area contributed by atoms with E-state index in [4.69, 9.17) is 11.6 Å². The zero-order chi connectivity index (χ0) is 15.6. The Morgan fingerprint density at radius 2 is 1.95 bits per heavy atom. The number of nitrogens with zero attached hydrogens (tertiary/aromatic N) is 1. The SMILES string of the molecule is CN(C)CC(C)(C)CNS(=O)(=O)c1ccc(F)c(Cl)c1. The summed E-state index contributed by atoms with van der Waals surface area (Å²) in [5.41, 5.74) is -0.222. The van der Waals surface area contributed by atoms with Gasteiger partial charge in [-0.15, -0.1) is 0 Å². The van der Waals surface area contributed by atoms with Crippen molar-refractivity contribution in [2.24, 2.45) is 5.41 Å². The van der Waals surface area contributed by atoms with E-state index in [0.717, 1.165) is 18.7 Å². The molecule has 1 aromatic carbocycles. The van der Waals surface area contributed by atoms with Gasteiger partial charge in [0.05, 0.1) is 9.92 Å². The molecule has 7 heteroatoms. The minimum atomic E-state index is -3.69. The summed E-state index contributed by atoms with van der Waals surface area (Å²) in [6, 6.07) is 3.35. The fraction of sp³-hybridized carbons (Fsp3) is 0.538. The highest BCUT2D eigenvalue weighted by atomic mass is 35.5. The molecule has 1 rings (SSSR count). The largest absolute Gasteiger partial charge is 0.309 e. The number of rotatable bonds is 6. The first-order valence-corrected chi connectivity index (χ1v) is 7.99. The Morgan fingerprint density at radius 1 is 1.35 bits per heavy atom. The lowest BCUT2D eigenvalue weighted by molar-refractivity contribution is 0.242. The fourth-order valence-corrected chi connectivity index (χ4v) is 3.44. The lowest BCUT2D eigenvalue weighted by Crippen LogP contribution is -2.39. The Balaban J connectivity index is 2.82. The lowest BCUT2D eigenvalue weighted by Gasteiger charge is -2.28. The molecule has 0 bridgehead atoms. The second-order valence-electron chi connectivity index (χ2n) is 5.80. The summed E-state index contributed by atoms with van der Waals surface area (Å²) in [5, 5.41) is -0.208. The van der Waals surface area contributed by atoms with Gasteiger partial charge in [0.1, 0.15) is 5.82 Å². The van der Waals surface area contributed by atoms with Crippen LogP contribution in [0.4, 0.5) is 4.39 Å². The summed E-state index contributed by atoms with van der Waals surface area (Å²) in [4.78, 5) is 1.95. The van der Waals surface area contributed by atoms with E-state index < -0.39 is 15.8 Å². The third-order valence-electron chi connectivity index (χ3n) is 2.69. The van der Waals surface area contributed by atoms with Gasteiger partial charge in [-0.05, 0) is 37.7 Å². The lowest BCUT2D eigenvalue weighted by atomic mass is 9.93. The number of benzene rings is 1. The fourth-order valence-electron chi connectivity index (χ4n) is 1.93. The first-order valence-electron chi connectivity index (χ1n) is 6.13. The first-order chi connectivity index (χ1) is 9.03. The van der Waals surface area contributed by atoms with Gasteiger partial charge in [-0.3, -0.25) is 0 Å². The molecule has 0 fully saturated rings. The monoisotopic (exact) mass is 322 g/mol. The Labute approximate surface area is 125 Å². The molecule has 1 N–H and O–H groups in total. The van der Waals surface area contributed by atoms with Crippen molar-refractivity contribution in [3.8, 4) is 0 Å². The zero-order valence-corrected chi connectivity index (χ0v) is 13.6. The molecule has 0 aliphatic rings. The van der Waals surface area contributed by atoms with Gasteiger partial charge in [0, 0.05) is 13.1 Å². The van der Waals surface area contributed by atoms with Crippen molar-refractivity contribution < 1.29 is 12.8 Å². The van der Waals surface area contributed by atoms with Crippen LogP contribution in [0.2, 0.25) is 5.02 Å². The smallest absolute Gasteiger partial charge is 0.240 e. The van der Waals surface area contributed by atoms with Crippen molar-refractivity contribution >= 4 is 21.6 Å². The third-order valence-corrected chi connectivity index (χ3v) is 4.37. The van der Waals surface area contributed by atoms with Crippen LogP contribution in [-0.2, 0) is 10.0 Å². The maximum absolute atomic E-state index is 13.1. The summed E-state index contributed by atoms with van der Waals surface area (Å²) >= 11 is 5.60. The maximum Gasteiger partial charge on any atom is 0.240 e. The topological polar surface area (TPSA) is 49.4 Å². The summed E-state index contributed by atoms with van der Waals surface area (Å²) in [7, 11) is 0.165. The highest BCUT2D eigenvalue weighted by molar-refractivity contribution is 7.89. The van der Waals surface area contributed by atoms with Crippen LogP contribution in [-0.4, -0.2) is 40.5 Å². The molecular formula is C13H20ClFN2O2S. The van der Waals surface area contributed by atoms with Gasteiger partial charge < -0.3 is 4.90 Å². The Morgan fingerprint density at radius 3 is 2.45 bits per heavy atom. The highest BCUT2D eigenvalue weighted by Crippen LogP contribution is 2.20. The molecular weight excluding hydrogens is 303 g/mol. The van der Waals surface area contributed by atoms with Crippen LogP contribution in [0.1, 0.15) is 13.8 Å². The maximum atomic E-state index is 13.1. The molecule has 0 amide bonds. The zero-order valence-electron chi connectivity index (χ0n) is 12.1. The van der Waals surface area contributed by atoms with Crippen LogP contribution >= 0.6 is 11.6 Å². The van der Waals surface area contributed by atoms with E-state index in [-0.39, 0.29) is 21.9 Å². The van der Waals surface area contributed by atoms with E-state index in [9.17, 15) is 12.8 Å². The van der Waals surface area contributed by atoms with E-state index in [0.29, 0.717) is 0 Å². The van der Waals surface area contributed by atoms with Crippen molar-refractivity contribution in [2.75, 3.05) is 27.2 Å². The molecule has 1 aromatic rings. The second kappa shape index (κ2) is 6.39. The van der Waals surface area contributed by atoms with E-state index in [2.05, 4.69) is 4.72 Å². The molecule has 0 atom stereocenters. The summed E-state index contributed by atoms with van der Waals surface area (Å²) in [6.07, 6.45) is 0. The predicted molar refractivity (Wildman–Crippen MR) is 78.9 cm³/mol. The van der Waals surface area contributed by atoms with Gasteiger partial charge in [-0.2, -0.15) is 0 Å². The Kier molecular flexibility index (Phi) is 5.54. The predicted octanol–water partition coefficient (Wildman–Crippen LogP) is 2.35. The minimum absolute atomic E-state index is 0.0375. The molecule has 0 radical (unpaired) electrons. The van der Waals surface area contributed by atoms with E-state index >= 15 is 0 Å². The molecule has 114 valence electrons. The van der Waals surface area contributed by atoms with Gasteiger partial charge in [0.15, 0.2) is 0 Å². The van der Waals surface area contributed by atoms with Crippen molar-refractivity contribution in [1.29, 1.82) is 0 Å². The van der Waals surface area contributed by atoms with Crippen LogP contribution in [0.15, 0.2) is 23.1 Å². The van der Waals surface area contributed by atoms with Gasteiger partial charge in [-0.25, -0.2) is 17.5 Å².